The number of hydrogen-bond acceptors (Lipinski definition) is 5. The second kappa shape index (κ2) is 6.82. The Labute approximate surface area is 162 Å². The van der Waals surface area contributed by atoms with Crippen LogP contribution in [0.25, 0.3) is 22.2 Å². The summed E-state index contributed by atoms with van der Waals surface area (Å²) in [6.45, 7) is 0. The molecule has 0 spiro atoms. The Hall–Kier alpha value is -2.52. The summed E-state index contributed by atoms with van der Waals surface area (Å²) in [6.07, 6.45) is 0.113. The Balaban J connectivity index is 1.84. The highest BCUT2D eigenvalue weighted by Crippen LogP contribution is 2.41. The zero-order chi connectivity index (χ0) is 20.1. The van der Waals surface area contributed by atoms with Gasteiger partial charge in [0, 0.05) is 35.4 Å². The van der Waals surface area contributed by atoms with E-state index in [2.05, 4.69) is 20.3 Å². The molecule has 148 valence electrons. The van der Waals surface area contributed by atoms with Gasteiger partial charge in [-0.2, -0.15) is 13.2 Å². The maximum absolute atomic E-state index is 13.6. The minimum atomic E-state index is -4.64. The van der Waals surface area contributed by atoms with Crippen LogP contribution in [0.5, 0.6) is 5.75 Å². The van der Waals surface area contributed by atoms with Crippen molar-refractivity contribution in [1.29, 1.82) is 0 Å². The van der Waals surface area contributed by atoms with Crippen molar-refractivity contribution < 1.29 is 18.3 Å². The van der Waals surface area contributed by atoms with E-state index in [0.717, 1.165) is 25.5 Å². The number of H-pyrrole nitrogens is 1. The molecule has 10 heteroatoms. The molecule has 0 amide bonds. The molecule has 6 nitrogen and oxygen atoms in total. The van der Waals surface area contributed by atoms with E-state index >= 15 is 0 Å². The number of rotatable bonds is 3. The number of fused-ring (bicyclic) bond motifs is 1. The lowest BCUT2D eigenvalue weighted by atomic mass is 10.1. The van der Waals surface area contributed by atoms with Crippen molar-refractivity contribution in [3.05, 3.63) is 35.1 Å². The van der Waals surface area contributed by atoms with Gasteiger partial charge in [-0.1, -0.05) is 11.6 Å². The van der Waals surface area contributed by atoms with Gasteiger partial charge in [-0.05, 0) is 31.4 Å². The maximum atomic E-state index is 13.6. The molecule has 28 heavy (non-hydrogen) atoms. The van der Waals surface area contributed by atoms with Crippen molar-refractivity contribution in [3.63, 3.8) is 0 Å². The van der Waals surface area contributed by atoms with Crippen molar-refractivity contribution in [3.8, 4) is 17.0 Å². The smallest absolute Gasteiger partial charge is 0.419 e. The fraction of sp³-hybridized carbons (Fsp3) is 0.333. The Morgan fingerprint density at radius 1 is 1.29 bits per heavy atom. The van der Waals surface area contributed by atoms with Crippen LogP contribution in [-0.2, 0) is 6.18 Å². The number of aromatic amines is 1. The molecule has 0 saturated heterocycles. The monoisotopic (exact) mass is 411 g/mol. The normalized spacial score (nSPS) is 20.0. The first-order valence-corrected chi connectivity index (χ1v) is 9.09. The molecule has 1 saturated carbocycles. The third-order valence-corrected chi connectivity index (χ3v) is 5.39. The van der Waals surface area contributed by atoms with Crippen LogP contribution in [0.2, 0.25) is 5.02 Å². The van der Waals surface area contributed by atoms with Crippen LogP contribution in [0, 0.1) is 0 Å². The van der Waals surface area contributed by atoms with Crippen molar-refractivity contribution in [2.75, 3.05) is 5.32 Å². The zero-order valence-electron chi connectivity index (χ0n) is 14.5. The molecule has 1 aromatic carbocycles. The average molecular weight is 412 g/mol. The van der Waals surface area contributed by atoms with E-state index in [-0.39, 0.29) is 40.1 Å². The summed E-state index contributed by atoms with van der Waals surface area (Å²) in [5.41, 5.74) is 5.33. The first-order chi connectivity index (χ1) is 13.3. The molecule has 2 atom stereocenters. The quantitative estimate of drug-likeness (QED) is 0.515. The Bertz CT molecular complexity index is 1040. The Morgan fingerprint density at radius 2 is 2.07 bits per heavy atom. The summed E-state index contributed by atoms with van der Waals surface area (Å²) < 4.78 is 40.8. The lowest BCUT2D eigenvalue weighted by Gasteiger charge is -2.18. The molecule has 4 rings (SSSR count). The van der Waals surface area contributed by atoms with E-state index in [9.17, 15) is 18.3 Å². The largest absolute Gasteiger partial charge is 0.506 e. The highest BCUT2D eigenvalue weighted by atomic mass is 35.5. The van der Waals surface area contributed by atoms with Gasteiger partial charge >= 0.3 is 6.18 Å². The van der Waals surface area contributed by atoms with Gasteiger partial charge in [-0.15, -0.1) is 0 Å². The number of nitrogens with one attached hydrogen (secondary N) is 2. The van der Waals surface area contributed by atoms with Gasteiger partial charge < -0.3 is 21.1 Å². The maximum Gasteiger partial charge on any atom is 0.419 e. The van der Waals surface area contributed by atoms with Crippen molar-refractivity contribution >= 4 is 28.5 Å². The van der Waals surface area contributed by atoms with Gasteiger partial charge in [-0.3, -0.25) is 0 Å². The van der Waals surface area contributed by atoms with Crippen molar-refractivity contribution in [1.82, 2.24) is 15.0 Å². The highest BCUT2D eigenvalue weighted by molar-refractivity contribution is 6.37. The predicted molar refractivity (Wildman–Crippen MR) is 100 cm³/mol. The van der Waals surface area contributed by atoms with E-state index in [1.165, 1.54) is 18.3 Å². The number of halogens is 4. The second-order valence-corrected chi connectivity index (χ2v) is 7.20. The molecule has 0 unspecified atom stereocenters. The number of hydrogen-bond donors (Lipinski definition) is 4. The number of aromatic nitrogens is 3. The number of phenols is 1. The van der Waals surface area contributed by atoms with Crippen LogP contribution in [0.15, 0.2) is 24.5 Å². The number of aromatic hydroxyl groups is 1. The first-order valence-electron chi connectivity index (χ1n) is 8.71. The fourth-order valence-electron chi connectivity index (χ4n) is 3.55. The molecule has 2 aromatic heterocycles. The van der Waals surface area contributed by atoms with E-state index in [1.54, 1.807) is 0 Å². The molecule has 0 radical (unpaired) electrons. The van der Waals surface area contributed by atoms with E-state index in [1.807, 2.05) is 0 Å². The Morgan fingerprint density at radius 3 is 2.75 bits per heavy atom. The molecule has 5 N–H and O–H groups in total. The SMILES string of the molecule is N[C@H]1CCC[C@@H]1Nc1ncc(C(F)(F)F)c(-c2c[nH]c3c(Cl)c(O)ccc23)n1. The lowest BCUT2D eigenvalue weighted by Crippen LogP contribution is -2.35. The van der Waals surface area contributed by atoms with Gasteiger partial charge in [0.2, 0.25) is 5.95 Å². The van der Waals surface area contributed by atoms with E-state index < -0.39 is 11.7 Å². The highest BCUT2D eigenvalue weighted by Gasteiger charge is 2.36. The number of nitrogens with zero attached hydrogens (tertiary/aromatic N) is 2. The minimum absolute atomic E-state index is 0.0293. The number of benzene rings is 1. The summed E-state index contributed by atoms with van der Waals surface area (Å²) in [5.74, 6) is -0.0801. The Kier molecular flexibility index (Phi) is 4.59. The van der Waals surface area contributed by atoms with Crippen LogP contribution < -0.4 is 11.1 Å². The van der Waals surface area contributed by atoms with E-state index in [4.69, 9.17) is 17.3 Å². The number of phenolic OH excluding ortho intramolecular Hbond substituents is 1. The van der Waals surface area contributed by atoms with Gasteiger partial charge in [0.15, 0.2) is 0 Å². The number of alkyl halides is 3. The van der Waals surface area contributed by atoms with Gasteiger partial charge in [-0.25, -0.2) is 9.97 Å². The van der Waals surface area contributed by atoms with Crippen LogP contribution in [0.4, 0.5) is 19.1 Å². The molecule has 3 aromatic rings. The fourth-order valence-corrected chi connectivity index (χ4v) is 3.77. The molecular weight excluding hydrogens is 395 g/mol. The average Bonchev–Trinajstić information content (AvgIpc) is 3.24. The van der Waals surface area contributed by atoms with Crippen LogP contribution in [0.1, 0.15) is 24.8 Å². The minimum Gasteiger partial charge on any atom is -0.506 e. The first kappa shape index (κ1) is 18.8. The molecular formula is C18H17ClF3N5O. The number of anilines is 1. The standard InChI is InChI=1S/C18H17ClF3N5O/c19-14-13(28)5-4-8-9(6-24-16(8)14)15-10(18(20,21)22)7-25-17(27-15)26-12-3-1-2-11(12)23/h4-7,11-12,24,28H,1-3,23H2,(H,25,26,27)/t11-,12-/m0/s1. The summed E-state index contributed by atoms with van der Waals surface area (Å²) in [6, 6.07) is 2.64. The van der Waals surface area contributed by atoms with E-state index in [0.29, 0.717) is 10.9 Å². The topological polar surface area (TPSA) is 99.8 Å². The van der Waals surface area contributed by atoms with Crippen molar-refractivity contribution in [2.45, 2.75) is 37.5 Å². The van der Waals surface area contributed by atoms with Crippen LogP contribution >= 0.6 is 11.6 Å². The van der Waals surface area contributed by atoms with Gasteiger partial charge in [0.05, 0.1) is 11.2 Å². The summed E-state index contributed by atoms with van der Waals surface area (Å²) in [4.78, 5) is 10.8. The predicted octanol–water partition coefficient (Wildman–Crippen LogP) is 4.29. The van der Waals surface area contributed by atoms with Crippen LogP contribution in [0.3, 0.4) is 0 Å². The molecule has 1 fully saturated rings. The summed E-state index contributed by atoms with van der Waals surface area (Å²) >= 11 is 6.05. The zero-order valence-corrected chi connectivity index (χ0v) is 15.3. The van der Waals surface area contributed by atoms with Crippen molar-refractivity contribution in [2.24, 2.45) is 5.73 Å². The summed E-state index contributed by atoms with van der Waals surface area (Å²) in [7, 11) is 0. The molecule has 1 aliphatic rings. The van der Waals surface area contributed by atoms with Crippen LogP contribution in [-0.4, -0.2) is 32.1 Å². The molecule has 0 bridgehead atoms. The summed E-state index contributed by atoms with van der Waals surface area (Å²) in [5, 5.41) is 13.2. The van der Waals surface area contributed by atoms with Gasteiger partial charge in [0.1, 0.15) is 16.3 Å². The molecule has 1 aliphatic carbocycles. The molecule has 2 heterocycles. The second-order valence-electron chi connectivity index (χ2n) is 6.82. The molecule has 0 aliphatic heterocycles. The lowest BCUT2D eigenvalue weighted by molar-refractivity contribution is -0.137. The number of nitrogens with two attached hydrogens (primary N) is 1. The third-order valence-electron chi connectivity index (χ3n) is 5.01. The third kappa shape index (κ3) is 3.24. The van der Waals surface area contributed by atoms with Gasteiger partial charge in [0.25, 0.3) is 0 Å².